The van der Waals surface area contributed by atoms with E-state index in [4.69, 9.17) is 9.47 Å². The van der Waals surface area contributed by atoms with Gasteiger partial charge in [0.05, 0.1) is 13.2 Å². The second-order valence-corrected chi connectivity index (χ2v) is 7.83. The van der Waals surface area contributed by atoms with Crippen molar-refractivity contribution >= 4 is 0 Å². The first kappa shape index (κ1) is 17.7. The maximum Gasteiger partial charge on any atom is 0.184 e. The maximum atomic E-state index is 5.87. The van der Waals surface area contributed by atoms with E-state index < -0.39 is 5.79 Å². The standard InChI is InChI=1S/C18H34O2/c1-15(2)9-7-10-16(3)11-8-12-18(6)19-13-17(4,5)14-20-18/h8,12,15-16H,7,9-11,13-14H2,1-6H3/b12-8+. The van der Waals surface area contributed by atoms with Gasteiger partial charge in [0.2, 0.25) is 0 Å². The fourth-order valence-electron chi connectivity index (χ4n) is 2.36. The Balaban J connectivity index is 2.26. The van der Waals surface area contributed by atoms with Gasteiger partial charge in [-0.05, 0) is 31.3 Å². The summed E-state index contributed by atoms with van der Waals surface area (Å²) >= 11 is 0. The summed E-state index contributed by atoms with van der Waals surface area (Å²) in [7, 11) is 0. The lowest BCUT2D eigenvalue weighted by atomic mass is 9.94. The summed E-state index contributed by atoms with van der Waals surface area (Å²) in [6, 6.07) is 0. The average molecular weight is 282 g/mol. The summed E-state index contributed by atoms with van der Waals surface area (Å²) in [5, 5.41) is 0. The van der Waals surface area contributed by atoms with Crippen LogP contribution in [0.5, 0.6) is 0 Å². The second-order valence-electron chi connectivity index (χ2n) is 7.83. The lowest BCUT2D eigenvalue weighted by molar-refractivity contribution is -0.262. The Morgan fingerprint density at radius 1 is 1.00 bits per heavy atom. The van der Waals surface area contributed by atoms with Crippen LogP contribution in [0.15, 0.2) is 12.2 Å². The van der Waals surface area contributed by atoms with Crippen LogP contribution in [0.2, 0.25) is 0 Å². The van der Waals surface area contributed by atoms with Gasteiger partial charge in [0.15, 0.2) is 5.79 Å². The monoisotopic (exact) mass is 282 g/mol. The molecule has 118 valence electrons. The molecule has 1 heterocycles. The van der Waals surface area contributed by atoms with Crippen molar-refractivity contribution in [2.75, 3.05) is 13.2 Å². The van der Waals surface area contributed by atoms with E-state index in [1.807, 2.05) is 6.92 Å². The van der Waals surface area contributed by atoms with E-state index in [0.717, 1.165) is 31.5 Å². The molecule has 1 aliphatic heterocycles. The Morgan fingerprint density at radius 2 is 1.60 bits per heavy atom. The Hall–Kier alpha value is -0.340. The molecular formula is C18H34O2. The van der Waals surface area contributed by atoms with Crippen LogP contribution >= 0.6 is 0 Å². The highest BCUT2D eigenvalue weighted by atomic mass is 16.7. The van der Waals surface area contributed by atoms with Crippen LogP contribution in [-0.2, 0) is 9.47 Å². The molecule has 2 heteroatoms. The van der Waals surface area contributed by atoms with Crippen molar-refractivity contribution in [2.24, 2.45) is 17.3 Å². The summed E-state index contributed by atoms with van der Waals surface area (Å²) < 4.78 is 11.7. The van der Waals surface area contributed by atoms with Crippen LogP contribution in [0, 0.1) is 17.3 Å². The maximum absolute atomic E-state index is 5.87. The lowest BCUT2D eigenvalue weighted by Gasteiger charge is -2.39. The van der Waals surface area contributed by atoms with Crippen LogP contribution in [0.3, 0.4) is 0 Å². The molecule has 1 fully saturated rings. The molecular weight excluding hydrogens is 248 g/mol. The zero-order valence-electron chi connectivity index (χ0n) is 14.4. The third kappa shape index (κ3) is 6.90. The average Bonchev–Trinajstić information content (AvgIpc) is 2.33. The summed E-state index contributed by atoms with van der Waals surface area (Å²) in [5.74, 6) is 1.05. The molecule has 1 aliphatic rings. The lowest BCUT2D eigenvalue weighted by Crippen LogP contribution is -2.44. The fourth-order valence-corrected chi connectivity index (χ4v) is 2.36. The van der Waals surface area contributed by atoms with E-state index in [1.165, 1.54) is 19.3 Å². The zero-order valence-corrected chi connectivity index (χ0v) is 14.4. The molecule has 0 saturated carbocycles. The van der Waals surface area contributed by atoms with Gasteiger partial charge in [-0.15, -0.1) is 0 Å². The highest BCUT2D eigenvalue weighted by molar-refractivity contribution is 4.96. The first-order chi connectivity index (χ1) is 9.22. The highest BCUT2D eigenvalue weighted by Crippen LogP contribution is 2.30. The molecule has 1 unspecified atom stereocenters. The summed E-state index contributed by atoms with van der Waals surface area (Å²) in [6.07, 6.45) is 9.44. The minimum Gasteiger partial charge on any atom is -0.346 e. The number of allylic oxidation sites excluding steroid dienone is 1. The van der Waals surface area contributed by atoms with Gasteiger partial charge in [0.25, 0.3) is 0 Å². The molecule has 0 aromatic heterocycles. The van der Waals surface area contributed by atoms with Gasteiger partial charge < -0.3 is 9.47 Å². The number of rotatable bonds is 7. The quantitative estimate of drug-likeness (QED) is 0.599. The highest BCUT2D eigenvalue weighted by Gasteiger charge is 2.34. The Morgan fingerprint density at radius 3 is 2.15 bits per heavy atom. The largest absolute Gasteiger partial charge is 0.346 e. The number of hydrogen-bond acceptors (Lipinski definition) is 2. The minimum absolute atomic E-state index is 0.136. The minimum atomic E-state index is -0.521. The van der Waals surface area contributed by atoms with Gasteiger partial charge >= 0.3 is 0 Å². The van der Waals surface area contributed by atoms with Gasteiger partial charge in [-0.25, -0.2) is 0 Å². The van der Waals surface area contributed by atoms with E-state index in [9.17, 15) is 0 Å². The van der Waals surface area contributed by atoms with Gasteiger partial charge in [0.1, 0.15) is 0 Å². The topological polar surface area (TPSA) is 18.5 Å². The van der Waals surface area contributed by atoms with Crippen molar-refractivity contribution in [3.05, 3.63) is 12.2 Å². The molecule has 20 heavy (non-hydrogen) atoms. The van der Waals surface area contributed by atoms with Crippen molar-refractivity contribution in [3.8, 4) is 0 Å². The number of hydrogen-bond donors (Lipinski definition) is 0. The summed E-state index contributed by atoms with van der Waals surface area (Å²) in [4.78, 5) is 0. The Labute approximate surface area is 125 Å². The van der Waals surface area contributed by atoms with Crippen molar-refractivity contribution in [3.63, 3.8) is 0 Å². The summed E-state index contributed by atoms with van der Waals surface area (Å²) in [6.45, 7) is 14.8. The molecule has 1 atom stereocenters. The molecule has 0 N–H and O–H groups in total. The molecule has 0 radical (unpaired) electrons. The normalized spacial score (nSPS) is 23.4. The van der Waals surface area contributed by atoms with Gasteiger partial charge in [-0.1, -0.05) is 60.0 Å². The molecule has 0 aromatic rings. The van der Waals surface area contributed by atoms with E-state index in [-0.39, 0.29) is 5.41 Å². The molecule has 1 rings (SSSR count). The van der Waals surface area contributed by atoms with E-state index in [2.05, 4.69) is 46.8 Å². The zero-order chi connectivity index (χ0) is 15.2. The van der Waals surface area contributed by atoms with Crippen LogP contribution < -0.4 is 0 Å². The Kier molecular flexibility index (Phi) is 6.74. The molecule has 1 saturated heterocycles. The van der Waals surface area contributed by atoms with Crippen LogP contribution in [0.25, 0.3) is 0 Å². The van der Waals surface area contributed by atoms with E-state index in [1.54, 1.807) is 0 Å². The van der Waals surface area contributed by atoms with Crippen molar-refractivity contribution in [1.82, 2.24) is 0 Å². The van der Waals surface area contributed by atoms with Crippen LogP contribution in [0.4, 0.5) is 0 Å². The van der Waals surface area contributed by atoms with Gasteiger partial charge in [-0.2, -0.15) is 0 Å². The van der Waals surface area contributed by atoms with Gasteiger partial charge in [0, 0.05) is 5.41 Å². The Bertz CT molecular complexity index is 295. The smallest absolute Gasteiger partial charge is 0.184 e. The predicted octanol–water partition coefficient (Wildman–Crippen LogP) is 5.18. The molecule has 0 bridgehead atoms. The van der Waals surface area contributed by atoms with E-state index >= 15 is 0 Å². The fraction of sp³-hybridized carbons (Fsp3) is 0.889. The third-order valence-corrected chi connectivity index (χ3v) is 3.94. The molecule has 2 nitrogen and oxygen atoms in total. The first-order valence-electron chi connectivity index (χ1n) is 8.18. The predicted molar refractivity (Wildman–Crippen MR) is 85.7 cm³/mol. The van der Waals surface area contributed by atoms with E-state index in [0.29, 0.717) is 0 Å². The summed E-state index contributed by atoms with van der Waals surface area (Å²) in [5.41, 5.74) is 0.136. The SMILES string of the molecule is CC(C)CCCC(C)C/C=C/C1(C)OCC(C)(C)CO1. The number of ether oxygens (including phenoxy) is 2. The van der Waals surface area contributed by atoms with Crippen molar-refractivity contribution < 1.29 is 9.47 Å². The first-order valence-corrected chi connectivity index (χ1v) is 8.18. The molecule has 0 amide bonds. The van der Waals surface area contributed by atoms with Crippen LogP contribution in [0.1, 0.15) is 67.2 Å². The van der Waals surface area contributed by atoms with Crippen LogP contribution in [-0.4, -0.2) is 19.0 Å². The molecule has 0 aromatic carbocycles. The van der Waals surface area contributed by atoms with Crippen molar-refractivity contribution in [1.29, 1.82) is 0 Å². The second kappa shape index (κ2) is 7.61. The molecule has 0 aliphatic carbocycles. The molecule has 0 spiro atoms. The third-order valence-electron chi connectivity index (χ3n) is 3.94. The van der Waals surface area contributed by atoms with Crippen molar-refractivity contribution in [2.45, 2.75) is 73.0 Å². The van der Waals surface area contributed by atoms with Gasteiger partial charge in [-0.3, -0.25) is 0 Å².